The lowest BCUT2D eigenvalue weighted by Crippen LogP contribution is -2.34. The zero-order valence-corrected chi connectivity index (χ0v) is 17.9. The molecule has 5 heteroatoms. The van der Waals surface area contributed by atoms with E-state index in [2.05, 4.69) is 53.5 Å². The van der Waals surface area contributed by atoms with Gasteiger partial charge in [0.25, 0.3) is 5.91 Å². The maximum Gasteiger partial charge on any atom is 0.253 e. The van der Waals surface area contributed by atoms with Crippen molar-refractivity contribution in [2.45, 2.75) is 12.5 Å². The number of H-pyrrole nitrogens is 1. The number of likely N-dealkylation sites (tertiary alicyclic amines) is 1. The summed E-state index contributed by atoms with van der Waals surface area (Å²) in [5.41, 5.74) is 5.85. The average Bonchev–Trinajstić information content (AvgIpc) is 3.46. The van der Waals surface area contributed by atoms with Crippen LogP contribution in [0.5, 0.6) is 0 Å². The topological polar surface area (TPSA) is 52.2 Å². The van der Waals surface area contributed by atoms with Crippen molar-refractivity contribution in [3.8, 4) is 22.4 Å². The molecule has 5 nitrogen and oxygen atoms in total. The van der Waals surface area contributed by atoms with Crippen LogP contribution in [0.4, 0.5) is 0 Å². The third-order valence-corrected chi connectivity index (χ3v) is 6.26. The number of amides is 1. The van der Waals surface area contributed by atoms with E-state index in [1.165, 1.54) is 0 Å². The molecule has 1 aromatic heterocycles. The number of carbonyl (C=O) groups excluding carboxylic acids is 1. The largest absolute Gasteiger partial charge is 0.337 e. The monoisotopic (exact) mass is 410 g/mol. The lowest BCUT2D eigenvalue weighted by Gasteiger charge is -2.20. The lowest BCUT2D eigenvalue weighted by molar-refractivity contribution is 0.0783. The molecule has 0 spiro atoms. The summed E-state index contributed by atoms with van der Waals surface area (Å²) in [7, 11) is 4.15. The van der Waals surface area contributed by atoms with Crippen molar-refractivity contribution in [2.24, 2.45) is 0 Å². The van der Waals surface area contributed by atoms with Gasteiger partial charge >= 0.3 is 0 Å². The van der Waals surface area contributed by atoms with Gasteiger partial charge in [0, 0.05) is 35.6 Å². The van der Waals surface area contributed by atoms with Gasteiger partial charge in [0.05, 0.1) is 5.52 Å². The second-order valence-corrected chi connectivity index (χ2v) is 8.40. The predicted octanol–water partition coefficient (Wildman–Crippen LogP) is 4.67. The van der Waals surface area contributed by atoms with Crippen LogP contribution >= 0.6 is 0 Å². The molecule has 1 fully saturated rings. The molecular weight excluding hydrogens is 384 g/mol. The highest BCUT2D eigenvalue weighted by atomic mass is 16.2. The minimum atomic E-state index is 0.0924. The van der Waals surface area contributed by atoms with Crippen LogP contribution in [0.3, 0.4) is 0 Å². The van der Waals surface area contributed by atoms with Crippen LogP contribution < -0.4 is 0 Å². The van der Waals surface area contributed by atoms with E-state index in [4.69, 9.17) is 0 Å². The quantitative estimate of drug-likeness (QED) is 0.532. The Morgan fingerprint density at radius 2 is 1.74 bits per heavy atom. The van der Waals surface area contributed by atoms with Gasteiger partial charge in [0.15, 0.2) is 0 Å². The first-order chi connectivity index (χ1) is 15.1. The molecule has 1 saturated heterocycles. The molecule has 0 unspecified atom stereocenters. The Bertz CT molecular complexity index is 1230. The fourth-order valence-corrected chi connectivity index (χ4v) is 4.44. The van der Waals surface area contributed by atoms with Crippen LogP contribution in [-0.4, -0.2) is 59.1 Å². The molecular formula is C26H26N4O. The normalized spacial score (nSPS) is 16.4. The standard InChI is InChI=1S/C26H26N4O/c1-29(2)20-14-15-30(17-20)26(31)19-12-13-24-23(16-19)25(28-27-24)22-11-7-6-10-21(22)18-8-4-3-5-9-18/h3-13,16,20H,14-15,17H2,1-2H3,(H,27,28)/t20-/m1/s1. The maximum atomic E-state index is 13.2. The molecule has 0 radical (unpaired) electrons. The molecule has 1 aliphatic heterocycles. The van der Waals surface area contributed by atoms with Crippen molar-refractivity contribution in [1.29, 1.82) is 0 Å². The smallest absolute Gasteiger partial charge is 0.253 e. The van der Waals surface area contributed by atoms with Crippen LogP contribution in [0.1, 0.15) is 16.8 Å². The van der Waals surface area contributed by atoms with E-state index in [0.29, 0.717) is 11.6 Å². The number of carbonyl (C=O) groups is 1. The summed E-state index contributed by atoms with van der Waals surface area (Å²) in [6, 6.07) is 24.9. The fourth-order valence-electron chi connectivity index (χ4n) is 4.44. The highest BCUT2D eigenvalue weighted by molar-refractivity contribution is 6.03. The van der Waals surface area contributed by atoms with Crippen LogP contribution in [0.25, 0.3) is 33.3 Å². The third-order valence-electron chi connectivity index (χ3n) is 6.26. The zero-order valence-electron chi connectivity index (χ0n) is 17.9. The van der Waals surface area contributed by atoms with E-state index in [9.17, 15) is 4.79 Å². The summed E-state index contributed by atoms with van der Waals surface area (Å²) in [4.78, 5) is 17.4. The van der Waals surface area contributed by atoms with Crippen LogP contribution in [-0.2, 0) is 0 Å². The Morgan fingerprint density at radius 1 is 1.00 bits per heavy atom. The molecule has 1 amide bonds. The van der Waals surface area contributed by atoms with E-state index in [-0.39, 0.29) is 5.91 Å². The first-order valence-electron chi connectivity index (χ1n) is 10.7. The molecule has 2 heterocycles. The number of rotatable bonds is 4. The molecule has 156 valence electrons. The minimum absolute atomic E-state index is 0.0924. The molecule has 1 aliphatic rings. The second-order valence-electron chi connectivity index (χ2n) is 8.40. The van der Waals surface area contributed by atoms with Gasteiger partial charge in [-0.2, -0.15) is 5.10 Å². The van der Waals surface area contributed by atoms with E-state index >= 15 is 0 Å². The minimum Gasteiger partial charge on any atom is -0.337 e. The van der Waals surface area contributed by atoms with Gasteiger partial charge < -0.3 is 9.80 Å². The van der Waals surface area contributed by atoms with Crippen LogP contribution in [0.2, 0.25) is 0 Å². The van der Waals surface area contributed by atoms with E-state index in [1.54, 1.807) is 0 Å². The van der Waals surface area contributed by atoms with E-state index < -0.39 is 0 Å². The molecule has 0 saturated carbocycles. The number of nitrogens with zero attached hydrogens (tertiary/aromatic N) is 3. The highest BCUT2D eigenvalue weighted by Crippen LogP contribution is 2.35. The van der Waals surface area contributed by atoms with Crippen LogP contribution in [0, 0.1) is 0 Å². The molecule has 31 heavy (non-hydrogen) atoms. The zero-order chi connectivity index (χ0) is 21.4. The van der Waals surface area contributed by atoms with Crippen molar-refractivity contribution < 1.29 is 4.79 Å². The third kappa shape index (κ3) is 3.62. The van der Waals surface area contributed by atoms with Crippen molar-refractivity contribution >= 4 is 16.8 Å². The molecule has 3 aromatic carbocycles. The van der Waals surface area contributed by atoms with Crippen molar-refractivity contribution in [2.75, 3.05) is 27.2 Å². The summed E-state index contributed by atoms with van der Waals surface area (Å²) in [6.07, 6.45) is 1.02. The van der Waals surface area contributed by atoms with Gasteiger partial charge in [-0.1, -0.05) is 54.6 Å². The van der Waals surface area contributed by atoms with E-state index in [1.807, 2.05) is 53.4 Å². The highest BCUT2D eigenvalue weighted by Gasteiger charge is 2.28. The van der Waals surface area contributed by atoms with E-state index in [0.717, 1.165) is 52.8 Å². The SMILES string of the molecule is CN(C)[C@@H]1CCN(C(=O)c2ccc3[nH]nc(-c4ccccc4-c4ccccc4)c3c2)C1. The van der Waals surface area contributed by atoms with Gasteiger partial charge in [-0.3, -0.25) is 9.89 Å². The summed E-state index contributed by atoms with van der Waals surface area (Å²) in [6.45, 7) is 1.58. The number of likely N-dealkylation sites (N-methyl/N-ethyl adjacent to an activating group) is 1. The Labute approximate surface area is 182 Å². The number of fused-ring (bicyclic) bond motifs is 1. The number of nitrogens with one attached hydrogen (secondary N) is 1. The molecule has 0 aliphatic carbocycles. The number of benzene rings is 3. The second kappa shape index (κ2) is 8.00. The summed E-state index contributed by atoms with van der Waals surface area (Å²) < 4.78 is 0. The lowest BCUT2D eigenvalue weighted by atomic mass is 9.96. The van der Waals surface area contributed by atoms with Gasteiger partial charge in [0.2, 0.25) is 0 Å². The molecule has 0 bridgehead atoms. The average molecular weight is 411 g/mol. The Hall–Kier alpha value is -3.44. The fraction of sp³-hybridized carbons (Fsp3) is 0.231. The van der Waals surface area contributed by atoms with Crippen molar-refractivity contribution in [3.05, 3.63) is 78.4 Å². The maximum absolute atomic E-state index is 13.2. The number of aromatic nitrogens is 2. The Morgan fingerprint density at radius 3 is 2.48 bits per heavy atom. The molecule has 4 aromatic rings. The van der Waals surface area contributed by atoms with Gasteiger partial charge in [-0.05, 0) is 49.8 Å². The van der Waals surface area contributed by atoms with Crippen molar-refractivity contribution in [1.82, 2.24) is 20.0 Å². The Balaban J connectivity index is 1.54. The Kier molecular flexibility index (Phi) is 5.04. The van der Waals surface area contributed by atoms with Gasteiger partial charge in [-0.25, -0.2) is 0 Å². The predicted molar refractivity (Wildman–Crippen MR) is 125 cm³/mol. The molecule has 1 atom stereocenters. The number of aromatic amines is 1. The van der Waals surface area contributed by atoms with Crippen LogP contribution in [0.15, 0.2) is 72.8 Å². The number of hydrogen-bond acceptors (Lipinski definition) is 3. The summed E-state index contributed by atoms with van der Waals surface area (Å²) in [5, 5.41) is 8.74. The molecule has 1 N–H and O–H groups in total. The molecule has 5 rings (SSSR count). The first-order valence-corrected chi connectivity index (χ1v) is 10.7. The van der Waals surface area contributed by atoms with Gasteiger partial charge in [0.1, 0.15) is 5.69 Å². The number of hydrogen-bond donors (Lipinski definition) is 1. The summed E-state index contributed by atoms with van der Waals surface area (Å²) in [5.74, 6) is 0.0924. The first kappa shape index (κ1) is 19.5. The summed E-state index contributed by atoms with van der Waals surface area (Å²) >= 11 is 0. The van der Waals surface area contributed by atoms with Gasteiger partial charge in [-0.15, -0.1) is 0 Å². The van der Waals surface area contributed by atoms with Crippen molar-refractivity contribution in [3.63, 3.8) is 0 Å².